The molecule has 0 aliphatic carbocycles. The number of allylic oxidation sites excluding steroid dienone is 1. The molecule has 22 heavy (non-hydrogen) atoms. The van der Waals surface area contributed by atoms with Crippen LogP contribution in [-0.2, 0) is 0 Å². The van der Waals surface area contributed by atoms with Crippen molar-refractivity contribution in [3.63, 3.8) is 0 Å². The number of hydrogen-bond acceptors (Lipinski definition) is 8. The number of nitro benzene ring substituents is 1. The minimum atomic E-state index is -0.554. The maximum atomic E-state index is 10.8. The minimum Gasteiger partial charge on any atom is -0.389 e. The second kappa shape index (κ2) is 6.37. The molecule has 0 spiro atoms. The molecule has 2 rings (SSSR count). The Balaban J connectivity index is 2.35. The maximum absolute atomic E-state index is 10.8. The Morgan fingerprint density at radius 3 is 2.91 bits per heavy atom. The largest absolute Gasteiger partial charge is 0.389 e. The summed E-state index contributed by atoms with van der Waals surface area (Å²) in [6.45, 7) is 0. The average Bonchev–Trinajstić information content (AvgIpc) is 3.02. The predicted molar refractivity (Wildman–Crippen MR) is 80.4 cm³/mol. The molecule has 4 N–H and O–H groups in total. The first kappa shape index (κ1) is 15.0. The standard InChI is InChI=1S/C11H8N8O2S/c12-4-6(11-15-17-18-16-11)5-14-9-2-1-7(19(20)21)3-8(9)10(13)22/h1-3,5,14H,(H2,13,22)(H,15,16,17,18). The molecule has 0 aliphatic heterocycles. The number of non-ortho nitro benzene ring substituents is 1. The van der Waals surface area contributed by atoms with Crippen LogP contribution in [0.4, 0.5) is 11.4 Å². The summed E-state index contributed by atoms with van der Waals surface area (Å²) in [5.74, 6) is 0.105. The van der Waals surface area contributed by atoms with Crippen molar-refractivity contribution in [3.05, 3.63) is 45.9 Å². The number of rotatable bonds is 5. The number of nitro groups is 1. The molecule has 0 bridgehead atoms. The summed E-state index contributed by atoms with van der Waals surface area (Å²) < 4.78 is 0. The third-order valence-corrected chi connectivity index (χ3v) is 2.78. The molecule has 1 heterocycles. The number of H-pyrrole nitrogens is 1. The highest BCUT2D eigenvalue weighted by Crippen LogP contribution is 2.22. The summed E-state index contributed by atoms with van der Waals surface area (Å²) in [5.41, 5.74) is 6.22. The van der Waals surface area contributed by atoms with Crippen LogP contribution in [0, 0.1) is 21.4 Å². The molecule has 0 saturated carbocycles. The van der Waals surface area contributed by atoms with Crippen LogP contribution in [-0.4, -0.2) is 30.5 Å². The molecule has 2 aromatic rings. The van der Waals surface area contributed by atoms with Crippen molar-refractivity contribution in [1.82, 2.24) is 20.6 Å². The zero-order valence-electron chi connectivity index (χ0n) is 10.8. The normalized spacial score (nSPS) is 10.8. The SMILES string of the molecule is N#CC(=CNc1ccc([N+](=O)[O-])cc1C(N)=S)c1nn[nH]n1. The fourth-order valence-electron chi connectivity index (χ4n) is 1.55. The molecular formula is C11H8N8O2S. The molecule has 0 amide bonds. The summed E-state index contributed by atoms with van der Waals surface area (Å²) in [4.78, 5) is 10.2. The van der Waals surface area contributed by atoms with E-state index >= 15 is 0 Å². The minimum absolute atomic E-state index is 0.0160. The van der Waals surface area contributed by atoms with Crippen molar-refractivity contribution in [2.45, 2.75) is 0 Å². The van der Waals surface area contributed by atoms with Gasteiger partial charge in [-0.05, 0) is 11.3 Å². The second-order valence-electron chi connectivity index (χ2n) is 3.90. The van der Waals surface area contributed by atoms with E-state index in [0.29, 0.717) is 5.69 Å². The molecule has 0 saturated heterocycles. The first-order valence-corrected chi connectivity index (χ1v) is 6.12. The van der Waals surface area contributed by atoms with Gasteiger partial charge in [0.25, 0.3) is 5.69 Å². The van der Waals surface area contributed by atoms with Crippen molar-refractivity contribution in [1.29, 1.82) is 5.26 Å². The van der Waals surface area contributed by atoms with Gasteiger partial charge in [0.2, 0.25) is 5.82 Å². The molecular weight excluding hydrogens is 308 g/mol. The number of tetrazole rings is 1. The first-order valence-electron chi connectivity index (χ1n) is 5.71. The van der Waals surface area contributed by atoms with Crippen molar-refractivity contribution >= 4 is 34.2 Å². The van der Waals surface area contributed by atoms with Gasteiger partial charge in [-0.1, -0.05) is 12.2 Å². The zero-order chi connectivity index (χ0) is 16.1. The summed E-state index contributed by atoms with van der Waals surface area (Å²) >= 11 is 4.87. The van der Waals surface area contributed by atoms with E-state index in [2.05, 4.69) is 25.9 Å². The van der Waals surface area contributed by atoms with E-state index in [4.69, 9.17) is 23.2 Å². The Labute approximate surface area is 128 Å². The van der Waals surface area contributed by atoms with E-state index in [9.17, 15) is 10.1 Å². The van der Waals surface area contributed by atoms with Gasteiger partial charge in [0.15, 0.2) is 0 Å². The van der Waals surface area contributed by atoms with E-state index < -0.39 is 4.92 Å². The van der Waals surface area contributed by atoms with Gasteiger partial charge in [0.05, 0.1) is 4.92 Å². The van der Waals surface area contributed by atoms with E-state index in [1.54, 1.807) is 0 Å². The molecule has 0 radical (unpaired) electrons. The summed E-state index contributed by atoms with van der Waals surface area (Å²) in [5, 5.41) is 35.6. The van der Waals surface area contributed by atoms with Crippen molar-refractivity contribution in [3.8, 4) is 6.07 Å². The molecule has 110 valence electrons. The van der Waals surface area contributed by atoms with Crippen LogP contribution in [0.15, 0.2) is 24.4 Å². The van der Waals surface area contributed by atoms with Gasteiger partial charge in [-0.2, -0.15) is 10.5 Å². The van der Waals surface area contributed by atoms with Crippen molar-refractivity contribution in [2.75, 3.05) is 5.32 Å². The van der Waals surface area contributed by atoms with Crippen LogP contribution in [0.2, 0.25) is 0 Å². The number of nitrogens with zero attached hydrogens (tertiary/aromatic N) is 5. The molecule has 1 aromatic carbocycles. The van der Waals surface area contributed by atoms with E-state index in [-0.39, 0.29) is 27.6 Å². The summed E-state index contributed by atoms with van der Waals surface area (Å²) in [7, 11) is 0. The first-order chi connectivity index (χ1) is 10.5. The van der Waals surface area contributed by atoms with E-state index in [1.165, 1.54) is 24.4 Å². The third-order valence-electron chi connectivity index (χ3n) is 2.56. The van der Waals surface area contributed by atoms with Gasteiger partial charge in [0, 0.05) is 29.6 Å². The summed E-state index contributed by atoms with van der Waals surface area (Å²) in [6, 6.07) is 5.87. The molecule has 0 atom stereocenters. The van der Waals surface area contributed by atoms with Crippen LogP contribution in [0.25, 0.3) is 5.57 Å². The lowest BCUT2D eigenvalue weighted by molar-refractivity contribution is -0.384. The number of anilines is 1. The van der Waals surface area contributed by atoms with Crippen LogP contribution >= 0.6 is 12.2 Å². The van der Waals surface area contributed by atoms with Crippen molar-refractivity contribution < 1.29 is 4.92 Å². The topological polar surface area (TPSA) is 159 Å². The molecule has 0 fully saturated rings. The Bertz CT molecular complexity index is 793. The number of nitrogens with two attached hydrogens (primary N) is 1. The highest BCUT2D eigenvalue weighted by Gasteiger charge is 2.13. The number of benzene rings is 1. The Kier molecular flexibility index (Phi) is 4.35. The van der Waals surface area contributed by atoms with E-state index in [0.717, 1.165) is 0 Å². The van der Waals surface area contributed by atoms with Crippen LogP contribution in [0.5, 0.6) is 0 Å². The molecule has 1 aromatic heterocycles. The van der Waals surface area contributed by atoms with Gasteiger partial charge in [0.1, 0.15) is 16.6 Å². The zero-order valence-corrected chi connectivity index (χ0v) is 11.7. The number of nitrogens with one attached hydrogen (secondary N) is 2. The van der Waals surface area contributed by atoms with E-state index in [1.807, 2.05) is 6.07 Å². The maximum Gasteiger partial charge on any atom is 0.270 e. The highest BCUT2D eigenvalue weighted by molar-refractivity contribution is 7.80. The highest BCUT2D eigenvalue weighted by atomic mass is 32.1. The lowest BCUT2D eigenvalue weighted by Crippen LogP contribution is -2.12. The predicted octanol–water partition coefficient (Wildman–Crippen LogP) is 0.719. The van der Waals surface area contributed by atoms with Gasteiger partial charge < -0.3 is 11.1 Å². The Morgan fingerprint density at radius 2 is 2.36 bits per heavy atom. The summed E-state index contributed by atoms with van der Waals surface area (Å²) in [6.07, 6.45) is 1.33. The monoisotopic (exact) mass is 316 g/mol. The number of thiocarbonyl (C=S) groups is 1. The number of hydrogen-bond donors (Lipinski definition) is 3. The lowest BCUT2D eigenvalue weighted by Gasteiger charge is -2.08. The van der Waals surface area contributed by atoms with Crippen LogP contribution in [0.1, 0.15) is 11.4 Å². The molecule has 0 unspecified atom stereocenters. The Hall–Kier alpha value is -3.39. The fraction of sp³-hybridized carbons (Fsp3) is 0. The fourth-order valence-corrected chi connectivity index (χ4v) is 1.72. The van der Waals surface area contributed by atoms with Crippen LogP contribution < -0.4 is 11.1 Å². The quantitative estimate of drug-likeness (QED) is 0.312. The molecule has 0 aliphatic rings. The average molecular weight is 316 g/mol. The van der Waals surface area contributed by atoms with Gasteiger partial charge >= 0.3 is 0 Å². The van der Waals surface area contributed by atoms with Gasteiger partial charge in [-0.3, -0.25) is 10.1 Å². The van der Waals surface area contributed by atoms with Crippen molar-refractivity contribution in [2.24, 2.45) is 5.73 Å². The Morgan fingerprint density at radius 1 is 1.59 bits per heavy atom. The third kappa shape index (κ3) is 3.19. The second-order valence-corrected chi connectivity index (χ2v) is 4.34. The molecule has 11 heteroatoms. The molecule has 10 nitrogen and oxygen atoms in total. The van der Waals surface area contributed by atoms with Gasteiger partial charge in [-0.25, -0.2) is 0 Å². The van der Waals surface area contributed by atoms with Crippen LogP contribution in [0.3, 0.4) is 0 Å². The van der Waals surface area contributed by atoms with Gasteiger partial charge in [-0.15, -0.1) is 10.2 Å². The lowest BCUT2D eigenvalue weighted by atomic mass is 10.1. The number of nitriles is 1. The number of aromatic amines is 1. The smallest absolute Gasteiger partial charge is 0.270 e. The number of aromatic nitrogens is 4.